The summed E-state index contributed by atoms with van der Waals surface area (Å²) in [6, 6.07) is 7.53. The number of carbonyl (C=O) groups is 1. The zero-order valence-electron chi connectivity index (χ0n) is 10.5. The molecule has 0 saturated carbocycles. The van der Waals surface area contributed by atoms with E-state index in [1.54, 1.807) is 18.3 Å². The monoisotopic (exact) mass is 291 g/mol. The summed E-state index contributed by atoms with van der Waals surface area (Å²) >= 11 is 5.87. The summed E-state index contributed by atoms with van der Waals surface area (Å²) in [5, 5.41) is 13.1. The first-order valence-electron chi connectivity index (χ1n) is 5.66. The maximum absolute atomic E-state index is 12.1. The number of hydrogen-bond donors (Lipinski definition) is 1. The molecule has 0 aliphatic rings. The molecule has 0 aliphatic heterocycles. The number of amides is 1. The fourth-order valence-electron chi connectivity index (χ4n) is 1.62. The Labute approximate surface area is 119 Å². The lowest BCUT2D eigenvalue weighted by molar-refractivity contribution is -0.384. The Morgan fingerprint density at radius 2 is 2.15 bits per heavy atom. The molecular weight excluding hydrogens is 282 g/mol. The van der Waals surface area contributed by atoms with Gasteiger partial charge in [0, 0.05) is 12.3 Å². The Balaban J connectivity index is 2.30. The molecule has 0 saturated heterocycles. The van der Waals surface area contributed by atoms with Crippen LogP contribution in [0.2, 0.25) is 5.02 Å². The highest BCUT2D eigenvalue weighted by Gasteiger charge is 2.20. The van der Waals surface area contributed by atoms with E-state index in [0.29, 0.717) is 5.82 Å². The fraction of sp³-hybridized carbons (Fsp3) is 0.0769. The Morgan fingerprint density at radius 3 is 2.80 bits per heavy atom. The minimum Gasteiger partial charge on any atom is -0.307 e. The third kappa shape index (κ3) is 2.92. The molecule has 1 amide bonds. The van der Waals surface area contributed by atoms with E-state index >= 15 is 0 Å². The number of carbonyl (C=O) groups excluding carboxylic acids is 1. The summed E-state index contributed by atoms with van der Waals surface area (Å²) < 4.78 is 0. The molecule has 0 atom stereocenters. The van der Waals surface area contributed by atoms with Crippen LogP contribution in [0.25, 0.3) is 0 Å². The zero-order chi connectivity index (χ0) is 14.7. The lowest BCUT2D eigenvalue weighted by atomic mass is 10.2. The van der Waals surface area contributed by atoms with Gasteiger partial charge in [-0.3, -0.25) is 14.9 Å². The van der Waals surface area contributed by atoms with Crippen LogP contribution in [0.4, 0.5) is 11.5 Å². The quantitative estimate of drug-likeness (QED) is 0.695. The van der Waals surface area contributed by atoms with Crippen LogP contribution in [0, 0.1) is 17.0 Å². The molecule has 0 aliphatic carbocycles. The second kappa shape index (κ2) is 5.66. The first kappa shape index (κ1) is 14.0. The molecule has 1 N–H and O–H groups in total. The number of nitro benzene ring substituents is 1. The first-order chi connectivity index (χ1) is 9.49. The van der Waals surface area contributed by atoms with Crippen molar-refractivity contribution in [1.29, 1.82) is 0 Å². The molecule has 0 fully saturated rings. The molecule has 0 unspecified atom stereocenters. The molecule has 0 spiro atoms. The molecule has 2 rings (SSSR count). The van der Waals surface area contributed by atoms with Crippen LogP contribution in [0.5, 0.6) is 0 Å². The van der Waals surface area contributed by atoms with Gasteiger partial charge in [-0.25, -0.2) is 4.98 Å². The molecule has 102 valence electrons. The van der Waals surface area contributed by atoms with E-state index in [1.807, 2.05) is 6.92 Å². The van der Waals surface area contributed by atoms with E-state index in [1.165, 1.54) is 18.2 Å². The number of aromatic nitrogens is 1. The number of hydrogen-bond acceptors (Lipinski definition) is 4. The van der Waals surface area contributed by atoms with Crippen molar-refractivity contribution in [2.24, 2.45) is 0 Å². The third-order valence-electron chi connectivity index (χ3n) is 2.58. The average Bonchev–Trinajstić information content (AvgIpc) is 2.38. The van der Waals surface area contributed by atoms with Gasteiger partial charge in [-0.15, -0.1) is 0 Å². The van der Waals surface area contributed by atoms with Crippen LogP contribution in [-0.2, 0) is 0 Å². The Hall–Kier alpha value is -2.47. The van der Waals surface area contributed by atoms with Gasteiger partial charge in [0.1, 0.15) is 10.8 Å². The molecule has 0 bridgehead atoms. The van der Waals surface area contributed by atoms with Crippen LogP contribution in [0.15, 0.2) is 36.5 Å². The van der Waals surface area contributed by atoms with Gasteiger partial charge in [-0.05, 0) is 30.7 Å². The van der Waals surface area contributed by atoms with Gasteiger partial charge in [0.05, 0.1) is 10.5 Å². The smallest absolute Gasteiger partial charge is 0.288 e. The van der Waals surface area contributed by atoms with Crippen molar-refractivity contribution in [3.05, 3.63) is 62.8 Å². The third-order valence-corrected chi connectivity index (χ3v) is 2.97. The van der Waals surface area contributed by atoms with E-state index in [9.17, 15) is 14.9 Å². The molecular formula is C13H10ClN3O3. The second-order valence-electron chi connectivity index (χ2n) is 4.07. The van der Waals surface area contributed by atoms with Crippen LogP contribution in [-0.4, -0.2) is 15.8 Å². The highest BCUT2D eigenvalue weighted by atomic mass is 35.5. The van der Waals surface area contributed by atoms with Gasteiger partial charge in [-0.2, -0.15) is 0 Å². The Kier molecular flexibility index (Phi) is 3.95. The van der Waals surface area contributed by atoms with Crippen LogP contribution in [0.1, 0.15) is 15.9 Å². The molecule has 7 heteroatoms. The van der Waals surface area contributed by atoms with E-state index < -0.39 is 10.8 Å². The minimum atomic E-state index is -0.635. The van der Waals surface area contributed by atoms with E-state index in [2.05, 4.69) is 10.3 Å². The Bertz CT molecular complexity index is 688. The fourth-order valence-corrected chi connectivity index (χ4v) is 1.91. The van der Waals surface area contributed by atoms with Crippen LogP contribution >= 0.6 is 11.6 Å². The molecule has 20 heavy (non-hydrogen) atoms. The summed E-state index contributed by atoms with van der Waals surface area (Å²) in [6.07, 6.45) is 1.56. The normalized spacial score (nSPS) is 10.1. The Morgan fingerprint density at radius 1 is 1.40 bits per heavy atom. The van der Waals surface area contributed by atoms with E-state index in [-0.39, 0.29) is 16.3 Å². The SMILES string of the molecule is Cc1ccnc(NC(=O)c2cccc([N+](=O)[O-])c2Cl)c1. The molecule has 1 aromatic carbocycles. The van der Waals surface area contributed by atoms with Crippen molar-refractivity contribution in [1.82, 2.24) is 4.98 Å². The van der Waals surface area contributed by atoms with Gasteiger partial charge in [0.2, 0.25) is 0 Å². The lowest BCUT2D eigenvalue weighted by Gasteiger charge is -2.06. The first-order valence-corrected chi connectivity index (χ1v) is 6.04. The number of rotatable bonds is 3. The molecule has 0 radical (unpaired) electrons. The van der Waals surface area contributed by atoms with Crippen molar-refractivity contribution >= 4 is 29.0 Å². The van der Waals surface area contributed by atoms with E-state index in [4.69, 9.17) is 11.6 Å². The number of anilines is 1. The summed E-state index contributed by atoms with van der Waals surface area (Å²) in [6.45, 7) is 1.86. The van der Waals surface area contributed by atoms with Crippen molar-refractivity contribution in [3.63, 3.8) is 0 Å². The van der Waals surface area contributed by atoms with Crippen molar-refractivity contribution in [2.45, 2.75) is 6.92 Å². The molecule has 1 heterocycles. The van der Waals surface area contributed by atoms with Gasteiger partial charge >= 0.3 is 0 Å². The second-order valence-corrected chi connectivity index (χ2v) is 4.45. The number of nitrogens with zero attached hydrogens (tertiary/aromatic N) is 2. The number of nitro groups is 1. The number of aryl methyl sites for hydroxylation is 1. The number of halogens is 1. The number of pyridine rings is 1. The summed E-state index contributed by atoms with van der Waals surface area (Å²) in [7, 11) is 0. The topological polar surface area (TPSA) is 85.1 Å². The molecule has 2 aromatic rings. The maximum Gasteiger partial charge on any atom is 0.288 e. The maximum atomic E-state index is 12.1. The lowest BCUT2D eigenvalue weighted by Crippen LogP contribution is -2.14. The van der Waals surface area contributed by atoms with Crippen molar-refractivity contribution in [3.8, 4) is 0 Å². The average molecular weight is 292 g/mol. The van der Waals surface area contributed by atoms with Gasteiger partial charge in [0.15, 0.2) is 0 Å². The highest BCUT2D eigenvalue weighted by Crippen LogP contribution is 2.28. The predicted molar refractivity (Wildman–Crippen MR) is 75.0 cm³/mol. The van der Waals surface area contributed by atoms with Gasteiger partial charge < -0.3 is 5.32 Å². The minimum absolute atomic E-state index is 0.0316. The summed E-state index contributed by atoms with van der Waals surface area (Å²) in [4.78, 5) is 26.2. The number of benzene rings is 1. The van der Waals surface area contributed by atoms with Crippen molar-refractivity contribution < 1.29 is 9.72 Å². The zero-order valence-corrected chi connectivity index (χ0v) is 11.2. The van der Waals surface area contributed by atoms with Crippen LogP contribution in [0.3, 0.4) is 0 Å². The highest BCUT2D eigenvalue weighted by molar-refractivity contribution is 6.36. The van der Waals surface area contributed by atoms with Gasteiger partial charge in [-0.1, -0.05) is 17.7 Å². The standard InChI is InChI=1S/C13H10ClN3O3/c1-8-5-6-15-11(7-8)16-13(18)9-3-2-4-10(12(9)14)17(19)20/h2-7H,1H3,(H,15,16,18). The molecule has 6 nitrogen and oxygen atoms in total. The summed E-state index contributed by atoms with van der Waals surface area (Å²) in [5.41, 5.74) is 0.654. The van der Waals surface area contributed by atoms with E-state index in [0.717, 1.165) is 5.56 Å². The largest absolute Gasteiger partial charge is 0.307 e. The number of nitrogens with one attached hydrogen (secondary N) is 1. The van der Waals surface area contributed by atoms with Crippen LogP contribution < -0.4 is 5.32 Å². The predicted octanol–water partition coefficient (Wildman–Crippen LogP) is 3.20. The van der Waals surface area contributed by atoms with Gasteiger partial charge in [0.25, 0.3) is 11.6 Å². The summed E-state index contributed by atoms with van der Waals surface area (Å²) in [5.74, 6) is -0.186. The molecule has 1 aromatic heterocycles. The van der Waals surface area contributed by atoms with Crippen molar-refractivity contribution in [2.75, 3.05) is 5.32 Å².